The van der Waals surface area contributed by atoms with Crippen LogP contribution in [0, 0.1) is 0 Å². The maximum Gasteiger partial charge on any atom is 0.262 e. The Labute approximate surface area is 169 Å². The Kier molecular flexibility index (Phi) is 6.19. The zero-order valence-electron chi connectivity index (χ0n) is 16.6. The predicted octanol–water partition coefficient (Wildman–Crippen LogP) is 4.83. The third-order valence-corrected chi connectivity index (χ3v) is 5.41. The molecule has 3 rings (SSSR count). The first-order valence-corrected chi connectivity index (χ1v) is 10.4. The van der Waals surface area contributed by atoms with Gasteiger partial charge in [-0.3, -0.25) is 14.2 Å². The number of hydrogen-bond donors (Lipinski definition) is 1. The van der Waals surface area contributed by atoms with Crippen LogP contribution in [0.2, 0.25) is 0 Å². The fourth-order valence-electron chi connectivity index (χ4n) is 2.99. The minimum atomic E-state index is -0.122. The van der Waals surface area contributed by atoms with Crippen molar-refractivity contribution in [3.63, 3.8) is 0 Å². The summed E-state index contributed by atoms with van der Waals surface area (Å²) >= 11 is 1.28. The number of nitrogens with zero attached hydrogens (tertiary/aromatic N) is 2. The molecule has 1 N–H and O–H groups in total. The van der Waals surface area contributed by atoms with E-state index in [2.05, 4.69) is 30.2 Å². The number of para-hydroxylation sites is 1. The third-order valence-electron chi connectivity index (χ3n) is 4.46. The van der Waals surface area contributed by atoms with Gasteiger partial charge in [-0.05, 0) is 49.6 Å². The molecule has 1 aromatic heterocycles. The highest BCUT2D eigenvalue weighted by atomic mass is 32.2. The van der Waals surface area contributed by atoms with Crippen LogP contribution in [0.1, 0.15) is 45.2 Å². The van der Waals surface area contributed by atoms with Gasteiger partial charge in [-0.1, -0.05) is 49.9 Å². The maximum atomic E-state index is 12.8. The van der Waals surface area contributed by atoms with Gasteiger partial charge >= 0.3 is 0 Å². The summed E-state index contributed by atoms with van der Waals surface area (Å²) in [4.78, 5) is 29.9. The molecule has 0 aliphatic carbocycles. The molecule has 1 amide bonds. The second kappa shape index (κ2) is 8.61. The van der Waals surface area contributed by atoms with Crippen LogP contribution in [-0.4, -0.2) is 21.2 Å². The first-order valence-electron chi connectivity index (χ1n) is 9.40. The van der Waals surface area contributed by atoms with Gasteiger partial charge in [-0.2, -0.15) is 0 Å². The highest BCUT2D eigenvalue weighted by molar-refractivity contribution is 7.99. The Morgan fingerprint density at radius 1 is 1.11 bits per heavy atom. The fraction of sp³-hybridized carbons (Fsp3) is 0.318. The highest BCUT2D eigenvalue weighted by Crippen LogP contribution is 2.22. The minimum absolute atomic E-state index is 0.0436. The lowest BCUT2D eigenvalue weighted by Gasteiger charge is -2.16. The lowest BCUT2D eigenvalue weighted by Crippen LogP contribution is -2.25. The van der Waals surface area contributed by atoms with Gasteiger partial charge in [0.25, 0.3) is 5.56 Å². The quantitative estimate of drug-likeness (QED) is 0.479. The molecule has 5 nitrogen and oxygen atoms in total. The fourth-order valence-corrected chi connectivity index (χ4v) is 3.91. The average molecular weight is 396 g/mol. The van der Waals surface area contributed by atoms with Gasteiger partial charge in [0.15, 0.2) is 5.16 Å². The number of aromatic nitrogens is 2. The van der Waals surface area contributed by atoms with Gasteiger partial charge in [0.05, 0.1) is 16.7 Å². The van der Waals surface area contributed by atoms with Crippen molar-refractivity contribution >= 4 is 34.3 Å². The van der Waals surface area contributed by atoms with Crippen LogP contribution in [0.5, 0.6) is 0 Å². The normalized spacial score (nSPS) is 11.4. The van der Waals surface area contributed by atoms with E-state index >= 15 is 0 Å². The molecule has 2 aromatic carbocycles. The summed E-state index contributed by atoms with van der Waals surface area (Å²) in [6.07, 6.45) is 0. The van der Waals surface area contributed by atoms with Gasteiger partial charge in [-0.25, -0.2) is 4.98 Å². The Hall–Kier alpha value is -2.60. The molecule has 1 heterocycles. The summed E-state index contributed by atoms with van der Waals surface area (Å²) in [6.45, 7) is 8.12. The predicted molar refractivity (Wildman–Crippen MR) is 116 cm³/mol. The van der Waals surface area contributed by atoms with E-state index in [1.807, 2.05) is 50.2 Å². The van der Waals surface area contributed by atoms with E-state index < -0.39 is 0 Å². The second-order valence-electron chi connectivity index (χ2n) is 7.30. The molecule has 0 atom stereocenters. The van der Waals surface area contributed by atoms with Crippen molar-refractivity contribution < 1.29 is 4.79 Å². The molecule has 0 spiro atoms. The number of thioether (sulfide) groups is 1. The van der Waals surface area contributed by atoms with Crippen LogP contribution in [0.15, 0.2) is 58.5 Å². The molecule has 0 saturated carbocycles. The van der Waals surface area contributed by atoms with Gasteiger partial charge in [-0.15, -0.1) is 0 Å². The molecule has 0 radical (unpaired) electrons. The topological polar surface area (TPSA) is 64.0 Å². The number of anilines is 1. The minimum Gasteiger partial charge on any atom is -0.325 e. The molecule has 146 valence electrons. The molecule has 6 heteroatoms. The van der Waals surface area contributed by atoms with Crippen LogP contribution >= 0.6 is 11.8 Å². The molecular formula is C22H25N3O2S. The Bertz CT molecular complexity index is 1060. The van der Waals surface area contributed by atoms with Gasteiger partial charge in [0, 0.05) is 11.7 Å². The maximum absolute atomic E-state index is 12.8. The molecule has 0 aliphatic rings. The van der Waals surface area contributed by atoms with Crippen molar-refractivity contribution in [2.24, 2.45) is 0 Å². The second-order valence-corrected chi connectivity index (χ2v) is 8.24. The SMILES string of the molecule is CC(C)c1cccc(NC(=O)CSc2nc3ccccc3c(=O)n2C(C)C)c1. The summed E-state index contributed by atoms with van der Waals surface area (Å²) < 4.78 is 1.65. The number of fused-ring (bicyclic) bond motifs is 1. The number of rotatable bonds is 6. The number of amides is 1. The van der Waals surface area contributed by atoms with Gasteiger partial charge < -0.3 is 5.32 Å². The first-order chi connectivity index (χ1) is 13.4. The largest absolute Gasteiger partial charge is 0.325 e. The molecule has 3 aromatic rings. The molecule has 0 aliphatic heterocycles. The van der Waals surface area contributed by atoms with E-state index in [-0.39, 0.29) is 23.3 Å². The molecule has 0 unspecified atom stereocenters. The lowest BCUT2D eigenvalue weighted by molar-refractivity contribution is -0.113. The highest BCUT2D eigenvalue weighted by Gasteiger charge is 2.15. The number of benzene rings is 2. The summed E-state index contributed by atoms with van der Waals surface area (Å²) in [5, 5.41) is 4.09. The van der Waals surface area contributed by atoms with E-state index in [4.69, 9.17) is 0 Å². The van der Waals surface area contributed by atoms with Crippen molar-refractivity contribution in [3.8, 4) is 0 Å². The van der Waals surface area contributed by atoms with Crippen LogP contribution in [0.3, 0.4) is 0 Å². The standard InChI is InChI=1S/C22H25N3O2S/c1-14(2)16-8-7-9-17(12-16)23-20(26)13-28-22-24-19-11-6-5-10-18(19)21(27)25(22)15(3)4/h5-12,14-15H,13H2,1-4H3,(H,23,26). The lowest BCUT2D eigenvalue weighted by atomic mass is 10.0. The Morgan fingerprint density at radius 3 is 2.57 bits per heavy atom. The Morgan fingerprint density at radius 2 is 1.86 bits per heavy atom. The molecule has 0 bridgehead atoms. The first kappa shape index (κ1) is 20.1. The van der Waals surface area contributed by atoms with E-state index in [0.29, 0.717) is 22.0 Å². The number of carbonyl (C=O) groups excluding carboxylic acids is 1. The van der Waals surface area contributed by atoms with Crippen molar-refractivity contribution in [1.82, 2.24) is 9.55 Å². The Balaban J connectivity index is 1.79. The molecular weight excluding hydrogens is 370 g/mol. The molecule has 0 fully saturated rings. The molecule has 0 saturated heterocycles. The van der Waals surface area contributed by atoms with Crippen molar-refractivity contribution in [2.45, 2.75) is 44.8 Å². The van der Waals surface area contributed by atoms with E-state index in [1.54, 1.807) is 10.6 Å². The van der Waals surface area contributed by atoms with Crippen molar-refractivity contribution in [1.29, 1.82) is 0 Å². The number of hydrogen-bond acceptors (Lipinski definition) is 4. The molecule has 28 heavy (non-hydrogen) atoms. The van der Waals surface area contributed by atoms with E-state index in [1.165, 1.54) is 17.3 Å². The van der Waals surface area contributed by atoms with Crippen LogP contribution < -0.4 is 10.9 Å². The van der Waals surface area contributed by atoms with E-state index in [0.717, 1.165) is 5.69 Å². The average Bonchev–Trinajstić information content (AvgIpc) is 2.66. The van der Waals surface area contributed by atoms with Crippen LogP contribution in [0.25, 0.3) is 10.9 Å². The van der Waals surface area contributed by atoms with Gasteiger partial charge in [0.2, 0.25) is 5.91 Å². The summed E-state index contributed by atoms with van der Waals surface area (Å²) in [5.74, 6) is 0.459. The number of carbonyl (C=O) groups is 1. The van der Waals surface area contributed by atoms with E-state index in [9.17, 15) is 9.59 Å². The summed E-state index contributed by atoms with van der Waals surface area (Å²) in [5.41, 5.74) is 2.53. The van der Waals surface area contributed by atoms with Crippen molar-refractivity contribution in [2.75, 3.05) is 11.1 Å². The summed E-state index contributed by atoms with van der Waals surface area (Å²) in [6, 6.07) is 15.1. The van der Waals surface area contributed by atoms with Crippen LogP contribution in [0.4, 0.5) is 5.69 Å². The monoisotopic (exact) mass is 395 g/mol. The zero-order chi connectivity index (χ0) is 20.3. The number of nitrogens with one attached hydrogen (secondary N) is 1. The smallest absolute Gasteiger partial charge is 0.262 e. The van der Waals surface area contributed by atoms with Gasteiger partial charge in [0.1, 0.15) is 0 Å². The zero-order valence-corrected chi connectivity index (χ0v) is 17.4. The third kappa shape index (κ3) is 4.44. The van der Waals surface area contributed by atoms with Crippen LogP contribution in [-0.2, 0) is 4.79 Å². The summed E-state index contributed by atoms with van der Waals surface area (Å²) in [7, 11) is 0. The van der Waals surface area contributed by atoms with Crippen molar-refractivity contribution in [3.05, 3.63) is 64.4 Å².